The van der Waals surface area contributed by atoms with E-state index in [1.807, 2.05) is 48.5 Å². The van der Waals surface area contributed by atoms with E-state index in [0.717, 1.165) is 15.4 Å². The van der Waals surface area contributed by atoms with Gasteiger partial charge in [-0.25, -0.2) is 0 Å². The lowest BCUT2D eigenvalue weighted by molar-refractivity contribution is -0.123. The fourth-order valence-corrected chi connectivity index (χ4v) is 3.17. The first-order valence-electron chi connectivity index (χ1n) is 6.93. The summed E-state index contributed by atoms with van der Waals surface area (Å²) in [4.78, 5) is 25.7. The van der Waals surface area contributed by atoms with Gasteiger partial charge in [0.25, 0.3) is 11.8 Å². The third-order valence-electron chi connectivity index (χ3n) is 3.18. The van der Waals surface area contributed by atoms with Crippen LogP contribution in [0.5, 0.6) is 0 Å². The minimum absolute atomic E-state index is 0.0249. The summed E-state index contributed by atoms with van der Waals surface area (Å²) in [5.74, 6) is -0.994. The average Bonchev–Trinajstić information content (AvgIpc) is 2.54. The van der Waals surface area contributed by atoms with Gasteiger partial charge in [0.1, 0.15) is 5.57 Å². The summed E-state index contributed by atoms with van der Waals surface area (Å²) >= 11 is 12.2. The van der Waals surface area contributed by atoms with Crippen molar-refractivity contribution in [1.82, 2.24) is 10.6 Å². The number of hydrogen-bond donors (Lipinski definition) is 2. The van der Waals surface area contributed by atoms with Crippen molar-refractivity contribution in [2.24, 2.45) is 0 Å². The number of nitrogens with one attached hydrogen (secondary N) is 2. The lowest BCUT2D eigenvalue weighted by Crippen LogP contribution is -2.51. The van der Waals surface area contributed by atoms with Gasteiger partial charge in [-0.1, -0.05) is 35.5 Å². The van der Waals surface area contributed by atoms with Crippen molar-refractivity contribution >= 4 is 58.6 Å². The molecule has 1 heterocycles. The third-order valence-corrected chi connectivity index (χ3v) is 4.66. The highest BCUT2D eigenvalue weighted by atomic mass is 35.5. The minimum Gasteiger partial charge on any atom is -0.299 e. The summed E-state index contributed by atoms with van der Waals surface area (Å²) in [7, 11) is 0. The van der Waals surface area contributed by atoms with Crippen LogP contribution in [0.3, 0.4) is 0 Å². The molecule has 0 spiro atoms. The van der Waals surface area contributed by atoms with Crippen LogP contribution < -0.4 is 10.6 Å². The maximum absolute atomic E-state index is 11.8. The molecule has 0 unspecified atom stereocenters. The second kappa shape index (κ2) is 7.17. The Labute approximate surface area is 153 Å². The lowest BCUT2D eigenvalue weighted by Gasteiger charge is -2.16. The molecule has 0 atom stereocenters. The van der Waals surface area contributed by atoms with Crippen LogP contribution in [0.4, 0.5) is 0 Å². The van der Waals surface area contributed by atoms with E-state index in [4.69, 9.17) is 23.8 Å². The van der Waals surface area contributed by atoms with Crippen LogP contribution in [0.2, 0.25) is 5.02 Å². The topological polar surface area (TPSA) is 58.2 Å². The predicted molar refractivity (Wildman–Crippen MR) is 98.9 cm³/mol. The molecular weight excluding hydrogens is 364 g/mol. The SMILES string of the molecule is O=C1NC(=S)NC(=O)C1=Cc1ccc(Sc2ccc(Cl)cc2)cc1. The zero-order valence-electron chi connectivity index (χ0n) is 12.2. The van der Waals surface area contributed by atoms with E-state index in [1.165, 1.54) is 6.08 Å². The smallest absolute Gasteiger partial charge is 0.263 e. The zero-order chi connectivity index (χ0) is 17.1. The maximum atomic E-state index is 11.8. The van der Waals surface area contributed by atoms with Crippen LogP contribution in [-0.4, -0.2) is 16.9 Å². The average molecular weight is 375 g/mol. The van der Waals surface area contributed by atoms with Crippen LogP contribution in [0, 0.1) is 0 Å². The Bertz CT molecular complexity index is 824. The van der Waals surface area contributed by atoms with Crippen LogP contribution in [0.15, 0.2) is 63.9 Å². The van der Waals surface area contributed by atoms with E-state index in [1.54, 1.807) is 11.8 Å². The molecule has 1 saturated heterocycles. The van der Waals surface area contributed by atoms with Gasteiger partial charge in [0.15, 0.2) is 5.11 Å². The van der Waals surface area contributed by atoms with Crippen LogP contribution in [0.25, 0.3) is 6.08 Å². The summed E-state index contributed by atoms with van der Waals surface area (Å²) in [6.07, 6.45) is 1.53. The Hall–Kier alpha value is -2.15. The lowest BCUT2D eigenvalue weighted by atomic mass is 10.1. The molecule has 7 heteroatoms. The number of carbonyl (C=O) groups excluding carboxylic acids is 2. The molecule has 2 amide bonds. The van der Waals surface area contributed by atoms with Crippen LogP contribution in [0.1, 0.15) is 5.56 Å². The number of hydrogen-bond acceptors (Lipinski definition) is 4. The number of benzene rings is 2. The van der Waals surface area contributed by atoms with E-state index in [9.17, 15) is 9.59 Å². The van der Waals surface area contributed by atoms with Crippen molar-refractivity contribution in [3.8, 4) is 0 Å². The second-order valence-corrected chi connectivity index (χ2v) is 6.91. The fourth-order valence-electron chi connectivity index (χ4n) is 2.04. The standard InChI is InChI=1S/C17H11ClN2O2S2/c18-11-3-7-13(8-4-11)24-12-5-1-10(2-6-12)9-14-15(21)19-17(23)20-16(14)22/h1-9H,(H2,19,20,21,22,23). The van der Waals surface area contributed by atoms with Gasteiger partial charge in [-0.15, -0.1) is 0 Å². The van der Waals surface area contributed by atoms with Crippen molar-refractivity contribution in [2.45, 2.75) is 9.79 Å². The first-order chi connectivity index (χ1) is 11.5. The van der Waals surface area contributed by atoms with E-state index < -0.39 is 11.8 Å². The van der Waals surface area contributed by atoms with Gasteiger partial charge in [-0.2, -0.15) is 0 Å². The molecule has 0 aromatic heterocycles. The van der Waals surface area contributed by atoms with Crippen LogP contribution >= 0.6 is 35.6 Å². The summed E-state index contributed by atoms with van der Waals surface area (Å²) in [5.41, 5.74) is 0.783. The molecule has 1 fully saturated rings. The van der Waals surface area contributed by atoms with E-state index >= 15 is 0 Å². The minimum atomic E-state index is -0.497. The van der Waals surface area contributed by atoms with Crippen molar-refractivity contribution in [3.05, 3.63) is 64.7 Å². The molecule has 1 aliphatic heterocycles. The van der Waals surface area contributed by atoms with Gasteiger partial charge in [0.05, 0.1) is 0 Å². The van der Waals surface area contributed by atoms with E-state index in [2.05, 4.69) is 10.6 Å². The number of rotatable bonds is 3. The van der Waals surface area contributed by atoms with E-state index in [-0.39, 0.29) is 10.7 Å². The normalized spacial score (nSPS) is 14.2. The van der Waals surface area contributed by atoms with Crippen molar-refractivity contribution in [2.75, 3.05) is 0 Å². The van der Waals surface area contributed by atoms with E-state index in [0.29, 0.717) is 5.02 Å². The molecule has 2 aromatic carbocycles. The van der Waals surface area contributed by atoms with Crippen molar-refractivity contribution in [1.29, 1.82) is 0 Å². The fraction of sp³-hybridized carbons (Fsp3) is 0. The van der Waals surface area contributed by atoms with Gasteiger partial charge in [0.2, 0.25) is 0 Å². The summed E-state index contributed by atoms with van der Waals surface area (Å²) in [6.45, 7) is 0. The Morgan fingerprint density at radius 3 is 1.92 bits per heavy atom. The highest BCUT2D eigenvalue weighted by Gasteiger charge is 2.25. The largest absolute Gasteiger partial charge is 0.299 e. The first-order valence-corrected chi connectivity index (χ1v) is 8.53. The molecule has 1 aliphatic rings. The number of thiocarbonyl (C=S) groups is 1. The van der Waals surface area contributed by atoms with Gasteiger partial charge in [0, 0.05) is 14.8 Å². The number of carbonyl (C=O) groups is 2. The Morgan fingerprint density at radius 2 is 1.38 bits per heavy atom. The Balaban J connectivity index is 1.76. The molecule has 2 N–H and O–H groups in total. The quantitative estimate of drug-likeness (QED) is 0.491. The van der Waals surface area contributed by atoms with Crippen molar-refractivity contribution < 1.29 is 9.59 Å². The molecule has 3 rings (SSSR count). The second-order valence-electron chi connectivity index (χ2n) is 4.92. The van der Waals surface area contributed by atoms with Gasteiger partial charge >= 0.3 is 0 Å². The summed E-state index contributed by atoms with van der Waals surface area (Å²) in [5, 5.41) is 5.54. The highest BCUT2D eigenvalue weighted by Crippen LogP contribution is 2.29. The predicted octanol–water partition coefficient (Wildman–Crippen LogP) is 3.41. The summed E-state index contributed by atoms with van der Waals surface area (Å²) < 4.78 is 0. The Morgan fingerprint density at radius 1 is 0.875 bits per heavy atom. The molecule has 0 saturated carbocycles. The molecule has 4 nitrogen and oxygen atoms in total. The summed E-state index contributed by atoms with van der Waals surface area (Å²) in [6, 6.07) is 15.1. The van der Waals surface area contributed by atoms with Gasteiger partial charge < -0.3 is 0 Å². The van der Waals surface area contributed by atoms with Crippen molar-refractivity contribution in [3.63, 3.8) is 0 Å². The van der Waals surface area contributed by atoms with Gasteiger partial charge in [-0.3, -0.25) is 20.2 Å². The molecule has 0 radical (unpaired) electrons. The molecule has 120 valence electrons. The monoisotopic (exact) mass is 374 g/mol. The number of amides is 2. The molecular formula is C17H11ClN2O2S2. The van der Waals surface area contributed by atoms with Crippen LogP contribution in [-0.2, 0) is 9.59 Å². The Kier molecular flexibility index (Phi) is 4.99. The molecule has 2 aromatic rings. The molecule has 0 bridgehead atoms. The molecule has 24 heavy (non-hydrogen) atoms. The number of halogens is 1. The third kappa shape index (κ3) is 4.03. The zero-order valence-corrected chi connectivity index (χ0v) is 14.6. The molecule has 0 aliphatic carbocycles. The highest BCUT2D eigenvalue weighted by molar-refractivity contribution is 7.99. The first kappa shape index (κ1) is 16.7. The maximum Gasteiger partial charge on any atom is 0.263 e. The van der Waals surface area contributed by atoms with Gasteiger partial charge in [-0.05, 0) is 60.3 Å².